The molecule has 3 heterocycles. The zero-order chi connectivity index (χ0) is 22.3. The first-order chi connectivity index (χ1) is 14.8. The number of rotatable bonds is 6. The molecule has 164 valence electrons. The number of hydrogen-bond donors (Lipinski definition) is 4. The first-order valence-corrected chi connectivity index (χ1v) is 9.62. The number of aliphatic hydroxyl groups is 2. The van der Waals surface area contributed by atoms with Crippen LogP contribution in [0, 0.1) is 6.92 Å². The van der Waals surface area contributed by atoms with E-state index in [1.165, 1.54) is 37.1 Å². The number of hydrogen-bond acceptors (Lipinski definition) is 10. The van der Waals surface area contributed by atoms with Crippen LogP contribution in [-0.2, 0) is 9.47 Å². The van der Waals surface area contributed by atoms with E-state index >= 15 is 0 Å². The van der Waals surface area contributed by atoms with Crippen LogP contribution in [0.3, 0.4) is 0 Å². The number of Topliss-reactive ketones (excluding diaryl/α,β-unsaturated/α-hetero) is 1. The summed E-state index contributed by atoms with van der Waals surface area (Å²) in [5.41, 5.74) is 1.52. The molecule has 1 fully saturated rings. The van der Waals surface area contributed by atoms with E-state index in [-0.39, 0.29) is 23.7 Å². The average Bonchev–Trinajstić information content (AvgIpc) is 3.25. The van der Waals surface area contributed by atoms with Crippen LogP contribution in [0.25, 0.3) is 11.2 Å². The van der Waals surface area contributed by atoms with Gasteiger partial charge in [0.1, 0.15) is 29.9 Å². The van der Waals surface area contributed by atoms with Crippen molar-refractivity contribution >= 4 is 28.5 Å². The van der Waals surface area contributed by atoms with E-state index in [2.05, 4.69) is 20.3 Å². The Bertz CT molecular complexity index is 1130. The molecule has 0 radical (unpaired) electrons. The monoisotopic (exact) mass is 429 g/mol. The number of nitrogens with zero attached hydrogens (tertiary/aromatic N) is 4. The molecule has 0 spiro atoms. The van der Waals surface area contributed by atoms with Crippen LogP contribution in [0.5, 0.6) is 5.75 Å². The van der Waals surface area contributed by atoms with Crippen molar-refractivity contribution in [1.82, 2.24) is 19.5 Å². The van der Waals surface area contributed by atoms with E-state index in [1.807, 2.05) is 0 Å². The molecule has 2 aromatic heterocycles. The van der Waals surface area contributed by atoms with E-state index in [0.29, 0.717) is 28.5 Å². The molecule has 4 N–H and O–H groups in total. The lowest BCUT2D eigenvalue weighted by Gasteiger charge is -2.17. The van der Waals surface area contributed by atoms with Gasteiger partial charge in [-0.05, 0) is 32.0 Å². The van der Waals surface area contributed by atoms with Gasteiger partial charge in [-0.15, -0.1) is 0 Å². The average molecular weight is 429 g/mol. The first-order valence-electron chi connectivity index (χ1n) is 9.62. The maximum absolute atomic E-state index is 11.7. The molecule has 0 saturated carbocycles. The number of ether oxygens (including phenoxy) is 2. The zero-order valence-corrected chi connectivity index (χ0v) is 17.2. The van der Waals surface area contributed by atoms with Crippen molar-refractivity contribution in [1.29, 1.82) is 0 Å². The Labute approximate surface area is 177 Å². The second-order valence-electron chi connectivity index (χ2n) is 7.36. The van der Waals surface area contributed by atoms with Crippen LogP contribution in [0.15, 0.2) is 24.5 Å². The smallest absolute Gasteiger partial charge is 0.167 e. The van der Waals surface area contributed by atoms with Crippen molar-refractivity contribution in [3.8, 4) is 5.75 Å². The molecule has 3 aromatic rings. The molecule has 1 aliphatic rings. The number of phenols is 1. The van der Waals surface area contributed by atoms with E-state index in [9.17, 15) is 20.1 Å². The number of fused-ring (bicyclic) bond motifs is 1. The molecule has 4 atom stereocenters. The highest BCUT2D eigenvalue weighted by atomic mass is 16.6. The second-order valence-corrected chi connectivity index (χ2v) is 7.36. The quantitative estimate of drug-likeness (QED) is 0.330. The fourth-order valence-corrected chi connectivity index (χ4v) is 3.59. The third-order valence-corrected chi connectivity index (χ3v) is 5.11. The number of imidazole rings is 1. The number of carbonyl (C=O) groups excluding carboxylic acids is 1. The predicted octanol–water partition coefficient (Wildman–Crippen LogP) is 1.05. The van der Waals surface area contributed by atoms with Crippen molar-refractivity contribution in [3.63, 3.8) is 0 Å². The molecule has 1 aromatic carbocycles. The molecule has 1 aliphatic heterocycles. The molecule has 2 unspecified atom stereocenters. The number of nitrogens with one attached hydrogen (secondary N) is 1. The van der Waals surface area contributed by atoms with E-state index < -0.39 is 24.5 Å². The lowest BCUT2D eigenvalue weighted by atomic mass is 10.1. The van der Waals surface area contributed by atoms with E-state index in [0.717, 1.165) is 0 Å². The number of benzene rings is 1. The Hall–Kier alpha value is -3.12. The molecule has 0 aliphatic carbocycles. The van der Waals surface area contributed by atoms with Gasteiger partial charge in [-0.2, -0.15) is 0 Å². The fraction of sp³-hybridized carbons (Fsp3) is 0.400. The number of phenolic OH excluding ortho intramolecular Hbond substituents is 1. The van der Waals surface area contributed by atoms with Crippen LogP contribution in [0.2, 0.25) is 0 Å². The normalized spacial score (nSPS) is 23.4. The number of aryl methyl sites for hydroxylation is 1. The summed E-state index contributed by atoms with van der Waals surface area (Å²) in [6.45, 7) is 3.20. The van der Waals surface area contributed by atoms with Gasteiger partial charge in [-0.3, -0.25) is 9.36 Å². The third kappa shape index (κ3) is 3.83. The number of aromatic nitrogens is 4. The summed E-state index contributed by atoms with van der Waals surface area (Å²) in [5, 5.41) is 33.7. The summed E-state index contributed by atoms with van der Waals surface area (Å²) >= 11 is 0. The van der Waals surface area contributed by atoms with Crippen molar-refractivity contribution < 1.29 is 29.6 Å². The summed E-state index contributed by atoms with van der Waals surface area (Å²) in [6.07, 6.45) is -2.45. The minimum Gasteiger partial charge on any atom is -0.507 e. The van der Waals surface area contributed by atoms with Crippen LogP contribution in [0.1, 0.15) is 29.3 Å². The molecule has 11 heteroatoms. The fourth-order valence-electron chi connectivity index (χ4n) is 3.59. The van der Waals surface area contributed by atoms with Crippen molar-refractivity contribution in [2.45, 2.75) is 38.4 Å². The Balaban J connectivity index is 1.71. The summed E-state index contributed by atoms with van der Waals surface area (Å²) < 4.78 is 12.4. The van der Waals surface area contributed by atoms with Gasteiger partial charge in [0.2, 0.25) is 0 Å². The molecule has 0 bridgehead atoms. The molecular weight excluding hydrogens is 406 g/mol. The topological polar surface area (TPSA) is 152 Å². The highest BCUT2D eigenvalue weighted by molar-refractivity contribution is 5.98. The van der Waals surface area contributed by atoms with Gasteiger partial charge in [0.05, 0.1) is 18.5 Å². The van der Waals surface area contributed by atoms with Gasteiger partial charge in [0, 0.05) is 12.8 Å². The second kappa shape index (κ2) is 8.19. The molecule has 1 saturated heterocycles. The summed E-state index contributed by atoms with van der Waals surface area (Å²) in [6, 6.07) is 4.55. The molecule has 31 heavy (non-hydrogen) atoms. The maximum Gasteiger partial charge on any atom is 0.167 e. The zero-order valence-electron chi connectivity index (χ0n) is 17.2. The summed E-state index contributed by atoms with van der Waals surface area (Å²) in [5.74, 6) is 0.431. The van der Waals surface area contributed by atoms with Gasteiger partial charge >= 0.3 is 0 Å². The highest BCUT2D eigenvalue weighted by Crippen LogP contribution is 2.33. The van der Waals surface area contributed by atoms with Gasteiger partial charge in [-0.1, -0.05) is 0 Å². The Kier molecular flexibility index (Phi) is 5.58. The maximum atomic E-state index is 11.7. The van der Waals surface area contributed by atoms with Crippen LogP contribution in [0.4, 0.5) is 11.5 Å². The Morgan fingerprint density at radius 2 is 2.06 bits per heavy atom. The van der Waals surface area contributed by atoms with Crippen molar-refractivity contribution in [2.75, 3.05) is 19.0 Å². The van der Waals surface area contributed by atoms with Crippen LogP contribution < -0.4 is 5.32 Å². The number of aliphatic hydroxyl groups excluding tert-OH is 2. The van der Waals surface area contributed by atoms with Gasteiger partial charge in [-0.25, -0.2) is 15.0 Å². The van der Waals surface area contributed by atoms with E-state index in [1.54, 1.807) is 13.0 Å². The molecular formula is C20H23N5O6. The first kappa shape index (κ1) is 21.1. The minimum atomic E-state index is -1.19. The molecule has 11 nitrogen and oxygen atoms in total. The number of ketones is 1. The lowest BCUT2D eigenvalue weighted by molar-refractivity contribution is -0.0580. The minimum absolute atomic E-state index is 0.108. The Morgan fingerprint density at radius 3 is 2.77 bits per heavy atom. The number of carbonyl (C=O) groups is 1. The number of aromatic hydroxyl groups is 1. The third-order valence-electron chi connectivity index (χ3n) is 5.11. The van der Waals surface area contributed by atoms with Crippen molar-refractivity contribution in [2.24, 2.45) is 0 Å². The molecule has 0 amide bonds. The highest BCUT2D eigenvalue weighted by Gasteiger charge is 2.44. The summed E-state index contributed by atoms with van der Waals surface area (Å²) in [7, 11) is 1.48. The van der Waals surface area contributed by atoms with E-state index in [4.69, 9.17) is 9.47 Å². The number of anilines is 2. The van der Waals surface area contributed by atoms with Crippen LogP contribution in [-0.4, -0.2) is 72.7 Å². The van der Waals surface area contributed by atoms with Crippen molar-refractivity contribution in [3.05, 3.63) is 35.9 Å². The SMILES string of the molecule is COC[C@H]1O[C@@H](n2cnc3c(Nc4ccc(O)c(C(C)=O)c4)nc(C)nc32)C(O)C1O. The van der Waals surface area contributed by atoms with Crippen LogP contribution >= 0.6 is 0 Å². The summed E-state index contributed by atoms with van der Waals surface area (Å²) in [4.78, 5) is 24.9. The lowest BCUT2D eigenvalue weighted by Crippen LogP contribution is -2.33. The molecule has 4 rings (SSSR count). The standard InChI is InChI=1S/C20H23N5O6/c1-9(26)12-6-11(4-5-13(12)27)24-18-15-19(23-10(2)22-18)25(8-21-15)20-17(29)16(28)14(31-20)7-30-3/h4-6,8,14,16-17,20,27-29H,7H2,1-3H3,(H,22,23,24)/t14-,16?,17?,20-/m1/s1. The van der Waals surface area contributed by atoms with Gasteiger partial charge in [0.25, 0.3) is 0 Å². The largest absolute Gasteiger partial charge is 0.507 e. The van der Waals surface area contributed by atoms with Gasteiger partial charge < -0.3 is 30.1 Å². The predicted molar refractivity (Wildman–Crippen MR) is 109 cm³/mol. The number of methoxy groups -OCH3 is 1. The Morgan fingerprint density at radius 1 is 1.29 bits per heavy atom. The van der Waals surface area contributed by atoms with Gasteiger partial charge in [0.15, 0.2) is 29.0 Å².